The predicted molar refractivity (Wildman–Crippen MR) is 131 cm³/mol. The molecule has 0 aliphatic heterocycles. The molecule has 4 aliphatic rings. The predicted octanol–water partition coefficient (Wildman–Crippen LogP) is 5.46. The highest BCUT2D eigenvalue weighted by atomic mass is 35.5. The molecule has 0 spiro atoms. The highest BCUT2D eigenvalue weighted by Crippen LogP contribution is 2.68. The molecule has 184 valence electrons. The summed E-state index contributed by atoms with van der Waals surface area (Å²) < 4.78 is 0. The third-order valence-electron chi connectivity index (χ3n) is 10.9. The van der Waals surface area contributed by atoms with Gasteiger partial charge in [0.2, 0.25) is 5.65 Å². The maximum absolute atomic E-state index is 13.6. The third-order valence-corrected chi connectivity index (χ3v) is 11.1. The van der Waals surface area contributed by atoms with Crippen LogP contribution in [0.2, 0.25) is 5.02 Å². The van der Waals surface area contributed by atoms with Gasteiger partial charge in [-0.05, 0) is 105 Å². The molecule has 4 saturated carbocycles. The second kappa shape index (κ2) is 7.73. The Hall–Kier alpha value is -1.53. The second-order valence-electron chi connectivity index (χ2n) is 12.7. The molecule has 2 aromatic rings. The number of hydrogen-bond acceptors (Lipinski definition) is 5. The smallest absolute Gasteiger partial charge is 0.201 e. The van der Waals surface area contributed by atoms with Crippen LogP contribution >= 0.6 is 11.6 Å². The van der Waals surface area contributed by atoms with Gasteiger partial charge in [-0.3, -0.25) is 4.79 Å². The van der Waals surface area contributed by atoms with Gasteiger partial charge in [0, 0.05) is 12.1 Å². The number of aromatic nitrogens is 4. The molecule has 0 aromatic carbocycles. The van der Waals surface area contributed by atoms with Crippen LogP contribution in [0.25, 0.3) is 11.2 Å². The summed E-state index contributed by atoms with van der Waals surface area (Å²) in [5.74, 6) is 3.08. The summed E-state index contributed by atoms with van der Waals surface area (Å²) >= 11 is 6.04. The zero-order valence-electron chi connectivity index (χ0n) is 20.6. The van der Waals surface area contributed by atoms with Crippen molar-refractivity contribution in [2.24, 2.45) is 40.4 Å². The van der Waals surface area contributed by atoms with E-state index in [1.165, 1.54) is 24.1 Å². The average Bonchev–Trinajstić information content (AvgIpc) is 3.33. The molecule has 0 unspecified atom stereocenters. The largest absolute Gasteiger partial charge is 0.390 e. The first-order chi connectivity index (χ1) is 16.1. The van der Waals surface area contributed by atoms with Gasteiger partial charge in [0.25, 0.3) is 0 Å². The van der Waals surface area contributed by atoms with Gasteiger partial charge in [0.15, 0.2) is 5.78 Å². The molecule has 8 atom stereocenters. The summed E-state index contributed by atoms with van der Waals surface area (Å²) in [6, 6.07) is 1.74. The van der Waals surface area contributed by atoms with Crippen LogP contribution in [-0.2, 0) is 11.3 Å². The van der Waals surface area contributed by atoms with Crippen LogP contribution in [0.3, 0.4) is 0 Å². The zero-order chi connectivity index (χ0) is 23.9. The fraction of sp³-hybridized carbons (Fsp3) is 0.778. The van der Waals surface area contributed by atoms with Crippen molar-refractivity contribution in [1.82, 2.24) is 20.0 Å². The Morgan fingerprint density at radius 2 is 1.85 bits per heavy atom. The number of hydrogen-bond donors (Lipinski definition) is 1. The molecule has 0 amide bonds. The van der Waals surface area contributed by atoms with Crippen molar-refractivity contribution in [3.8, 4) is 0 Å². The summed E-state index contributed by atoms with van der Waals surface area (Å²) in [4.78, 5) is 19.3. The van der Waals surface area contributed by atoms with Gasteiger partial charge in [-0.15, -0.1) is 5.10 Å². The first-order valence-corrected chi connectivity index (χ1v) is 13.6. The maximum Gasteiger partial charge on any atom is 0.201 e. The lowest BCUT2D eigenvalue weighted by molar-refractivity contribution is -0.151. The average molecular weight is 485 g/mol. The van der Waals surface area contributed by atoms with Crippen LogP contribution < -0.4 is 0 Å². The molecule has 0 radical (unpaired) electrons. The summed E-state index contributed by atoms with van der Waals surface area (Å²) in [5, 5.41) is 20.1. The van der Waals surface area contributed by atoms with E-state index >= 15 is 0 Å². The van der Waals surface area contributed by atoms with E-state index in [1.54, 1.807) is 12.3 Å². The minimum Gasteiger partial charge on any atom is -0.390 e. The minimum atomic E-state index is -0.489. The van der Waals surface area contributed by atoms with E-state index in [-0.39, 0.29) is 23.7 Å². The number of aliphatic hydroxyl groups is 1. The first-order valence-electron chi connectivity index (χ1n) is 13.2. The van der Waals surface area contributed by atoms with Crippen LogP contribution in [-0.4, -0.2) is 36.5 Å². The number of pyridine rings is 1. The van der Waals surface area contributed by atoms with Crippen LogP contribution in [0.5, 0.6) is 0 Å². The van der Waals surface area contributed by atoms with Crippen molar-refractivity contribution in [2.75, 3.05) is 0 Å². The summed E-state index contributed by atoms with van der Waals surface area (Å²) in [6.45, 7) is 7.17. The molecular weight excluding hydrogens is 448 g/mol. The molecule has 34 heavy (non-hydrogen) atoms. The van der Waals surface area contributed by atoms with E-state index in [2.05, 4.69) is 29.0 Å². The number of Topliss-reactive ketones (excluding diaryl/α,β-unsaturated/α-hetero) is 1. The van der Waals surface area contributed by atoms with Crippen molar-refractivity contribution in [2.45, 2.75) is 90.7 Å². The van der Waals surface area contributed by atoms with E-state index in [0.29, 0.717) is 33.4 Å². The van der Waals surface area contributed by atoms with Crippen LogP contribution in [0.4, 0.5) is 0 Å². The molecule has 4 aliphatic carbocycles. The standard InChI is InChI=1S/C27H37ClN4O2/c1-25(34)10-11-26(2)16(13-25)4-5-18-19-6-7-21(27(19,3)9-8-20(18)26)23(33)15-32-30-22-12-17(28)14-29-24(22)31-32/h12,14,16,18-21,34H,4-11,13,15H2,1-3H3/t16-,18+,19+,20+,21-,25-,26+,27+/m1/s1. The zero-order valence-corrected chi connectivity index (χ0v) is 21.4. The lowest BCUT2D eigenvalue weighted by Crippen LogP contribution is -2.55. The van der Waals surface area contributed by atoms with Crippen LogP contribution in [0.1, 0.15) is 78.6 Å². The van der Waals surface area contributed by atoms with E-state index in [1.807, 2.05) is 6.92 Å². The summed E-state index contributed by atoms with van der Waals surface area (Å²) in [7, 11) is 0. The number of rotatable bonds is 3. The number of carbonyl (C=O) groups excluding carboxylic acids is 1. The lowest BCUT2D eigenvalue weighted by atomic mass is 9.44. The molecular formula is C27H37ClN4O2. The quantitative estimate of drug-likeness (QED) is 0.625. The summed E-state index contributed by atoms with van der Waals surface area (Å²) in [5.41, 5.74) is 1.10. The van der Waals surface area contributed by atoms with Gasteiger partial charge < -0.3 is 5.11 Å². The molecule has 6 rings (SSSR count). The summed E-state index contributed by atoms with van der Waals surface area (Å²) in [6.07, 6.45) is 11.6. The number of halogens is 1. The van der Waals surface area contributed by atoms with Gasteiger partial charge in [0.05, 0.1) is 10.6 Å². The van der Waals surface area contributed by atoms with E-state index < -0.39 is 5.60 Å². The molecule has 0 bridgehead atoms. The van der Waals surface area contributed by atoms with Gasteiger partial charge in [0.1, 0.15) is 12.1 Å². The Labute approximate surface area is 206 Å². The van der Waals surface area contributed by atoms with E-state index in [9.17, 15) is 9.90 Å². The van der Waals surface area contributed by atoms with E-state index in [0.717, 1.165) is 50.4 Å². The fourth-order valence-electron chi connectivity index (χ4n) is 9.11. The molecule has 0 saturated heterocycles. The number of carbonyl (C=O) groups is 1. The van der Waals surface area contributed by atoms with Crippen molar-refractivity contribution in [3.05, 3.63) is 17.3 Å². The third kappa shape index (κ3) is 3.46. The monoisotopic (exact) mass is 484 g/mol. The van der Waals surface area contributed by atoms with Gasteiger partial charge in [-0.25, -0.2) is 4.98 Å². The number of fused-ring (bicyclic) bond motifs is 6. The Morgan fingerprint density at radius 3 is 2.68 bits per heavy atom. The number of ketones is 1. The van der Waals surface area contributed by atoms with Crippen LogP contribution in [0.15, 0.2) is 12.3 Å². The lowest BCUT2D eigenvalue weighted by Gasteiger charge is -2.61. The SMILES string of the molecule is C[C@@]1(O)CC[C@@]2(C)[C@H](CC[C@@H]3[C@@H]2CC[C@]2(C)[C@@H](C(=O)Cn4nc5cc(Cl)cnc5n4)CC[C@@H]32)C1. The van der Waals surface area contributed by atoms with Gasteiger partial charge in [-0.1, -0.05) is 25.4 Å². The Kier molecular flexibility index (Phi) is 5.21. The van der Waals surface area contributed by atoms with Crippen molar-refractivity contribution in [1.29, 1.82) is 0 Å². The first kappa shape index (κ1) is 22.9. The molecule has 2 aromatic heterocycles. The van der Waals surface area contributed by atoms with Gasteiger partial charge >= 0.3 is 0 Å². The molecule has 6 nitrogen and oxygen atoms in total. The van der Waals surface area contributed by atoms with Crippen molar-refractivity contribution in [3.63, 3.8) is 0 Å². The Morgan fingerprint density at radius 1 is 1.06 bits per heavy atom. The topological polar surface area (TPSA) is 80.9 Å². The molecule has 7 heteroatoms. The highest BCUT2D eigenvalue weighted by Gasteiger charge is 2.61. The Balaban J connectivity index is 1.20. The van der Waals surface area contributed by atoms with Gasteiger partial charge in [-0.2, -0.15) is 9.90 Å². The molecule has 1 N–H and O–H groups in total. The van der Waals surface area contributed by atoms with Crippen molar-refractivity contribution >= 4 is 28.5 Å². The van der Waals surface area contributed by atoms with Crippen LogP contribution in [0, 0.1) is 40.4 Å². The normalized spacial score (nSPS) is 43.9. The van der Waals surface area contributed by atoms with E-state index in [4.69, 9.17) is 11.6 Å². The minimum absolute atomic E-state index is 0.0791. The molecule has 2 heterocycles. The number of nitrogens with zero attached hydrogens (tertiary/aromatic N) is 4. The second-order valence-corrected chi connectivity index (χ2v) is 13.2. The Bertz CT molecular complexity index is 1130. The molecule has 4 fully saturated rings. The highest BCUT2D eigenvalue weighted by molar-refractivity contribution is 6.30. The fourth-order valence-corrected chi connectivity index (χ4v) is 9.26. The van der Waals surface area contributed by atoms with Crippen molar-refractivity contribution < 1.29 is 9.90 Å². The maximum atomic E-state index is 13.6.